The fraction of sp³-hybridized carbons (Fsp3) is 0.650. The van der Waals surface area contributed by atoms with Crippen molar-refractivity contribution >= 4 is 30.7 Å². The van der Waals surface area contributed by atoms with E-state index < -0.39 is 0 Å². The van der Waals surface area contributed by atoms with E-state index in [9.17, 15) is 4.79 Å². The number of benzene rings is 1. The van der Waals surface area contributed by atoms with Crippen LogP contribution < -0.4 is 10.6 Å². The van der Waals surface area contributed by atoms with Gasteiger partial charge in [0, 0.05) is 32.1 Å². The minimum atomic E-state index is 0. The van der Waals surface area contributed by atoms with Gasteiger partial charge in [-0.2, -0.15) is 0 Å². The molecule has 2 saturated heterocycles. The summed E-state index contributed by atoms with van der Waals surface area (Å²) in [6.45, 7) is 7.61. The lowest BCUT2D eigenvalue weighted by Gasteiger charge is -2.37. The number of halogens is 2. The van der Waals surface area contributed by atoms with Crippen molar-refractivity contribution in [1.29, 1.82) is 0 Å². The van der Waals surface area contributed by atoms with Crippen molar-refractivity contribution in [2.45, 2.75) is 45.2 Å². The van der Waals surface area contributed by atoms with E-state index in [0.717, 1.165) is 45.6 Å². The number of nitrogens with zero attached hydrogens (tertiary/aromatic N) is 1. The van der Waals surface area contributed by atoms with E-state index in [2.05, 4.69) is 52.8 Å². The summed E-state index contributed by atoms with van der Waals surface area (Å²) in [5, 5.41) is 6.66. The number of likely N-dealkylation sites (tertiary alicyclic amines) is 1. The number of carbonyl (C=O) groups is 1. The van der Waals surface area contributed by atoms with Crippen LogP contribution in [0.1, 0.15) is 38.2 Å². The van der Waals surface area contributed by atoms with Gasteiger partial charge in [-0.05, 0) is 49.8 Å². The summed E-state index contributed by atoms with van der Waals surface area (Å²) in [6.07, 6.45) is 4.00. The summed E-state index contributed by atoms with van der Waals surface area (Å²) in [5.41, 5.74) is 1.37. The third-order valence-corrected chi connectivity index (χ3v) is 5.53. The van der Waals surface area contributed by atoms with Gasteiger partial charge < -0.3 is 10.6 Å². The van der Waals surface area contributed by atoms with Crippen LogP contribution in [0.4, 0.5) is 0 Å². The number of hydrogen-bond acceptors (Lipinski definition) is 3. The van der Waals surface area contributed by atoms with E-state index in [0.29, 0.717) is 24.3 Å². The van der Waals surface area contributed by atoms with E-state index in [1.54, 1.807) is 0 Å². The predicted molar refractivity (Wildman–Crippen MR) is 112 cm³/mol. The van der Waals surface area contributed by atoms with Crippen LogP contribution in [0, 0.1) is 11.8 Å². The molecule has 0 aliphatic carbocycles. The lowest BCUT2D eigenvalue weighted by Crippen LogP contribution is -2.49. The maximum atomic E-state index is 12.2. The Labute approximate surface area is 170 Å². The molecule has 0 aromatic heterocycles. The molecule has 2 aliphatic rings. The van der Waals surface area contributed by atoms with Crippen molar-refractivity contribution in [3.63, 3.8) is 0 Å². The van der Waals surface area contributed by atoms with Gasteiger partial charge in [-0.1, -0.05) is 37.3 Å². The van der Waals surface area contributed by atoms with Crippen molar-refractivity contribution in [2.24, 2.45) is 11.8 Å². The third-order valence-electron chi connectivity index (χ3n) is 5.53. The minimum Gasteiger partial charge on any atom is -0.353 e. The molecule has 2 N–H and O–H groups in total. The average Bonchev–Trinajstić information content (AvgIpc) is 3.10. The lowest BCUT2D eigenvalue weighted by atomic mass is 9.93. The van der Waals surface area contributed by atoms with E-state index in [1.807, 2.05) is 0 Å². The molecule has 0 bridgehead atoms. The number of rotatable bonds is 6. The lowest BCUT2D eigenvalue weighted by molar-refractivity contribution is -0.122. The molecular weight excluding hydrogens is 369 g/mol. The van der Waals surface area contributed by atoms with Gasteiger partial charge in [-0.15, -0.1) is 24.8 Å². The topological polar surface area (TPSA) is 44.4 Å². The zero-order valence-electron chi connectivity index (χ0n) is 15.7. The molecule has 2 heterocycles. The van der Waals surface area contributed by atoms with Crippen molar-refractivity contribution in [3.8, 4) is 0 Å². The van der Waals surface area contributed by atoms with Crippen LogP contribution in [-0.2, 0) is 11.3 Å². The highest BCUT2D eigenvalue weighted by molar-refractivity contribution is 5.85. The SMILES string of the molecule is CC1CN(Cc2ccccc2)CCC1NC(=O)CCC1CCNC1.Cl.Cl. The molecule has 2 aliphatic heterocycles. The summed E-state index contributed by atoms with van der Waals surface area (Å²) in [4.78, 5) is 14.7. The zero-order chi connectivity index (χ0) is 16.8. The molecule has 3 atom stereocenters. The Morgan fingerprint density at radius 1 is 1.23 bits per heavy atom. The Balaban J connectivity index is 0.00000169. The van der Waals surface area contributed by atoms with Gasteiger partial charge in [0.1, 0.15) is 0 Å². The Bertz CT molecular complexity index is 523. The van der Waals surface area contributed by atoms with Crippen molar-refractivity contribution in [1.82, 2.24) is 15.5 Å². The van der Waals surface area contributed by atoms with Gasteiger partial charge in [0.25, 0.3) is 0 Å². The molecule has 26 heavy (non-hydrogen) atoms. The molecule has 0 saturated carbocycles. The molecule has 6 heteroatoms. The number of piperidine rings is 1. The van der Waals surface area contributed by atoms with Crippen LogP contribution in [0.25, 0.3) is 0 Å². The van der Waals surface area contributed by atoms with E-state index in [-0.39, 0.29) is 30.7 Å². The van der Waals surface area contributed by atoms with Crippen molar-refractivity contribution in [2.75, 3.05) is 26.2 Å². The smallest absolute Gasteiger partial charge is 0.220 e. The number of carbonyl (C=O) groups excluding carboxylic acids is 1. The number of nitrogens with one attached hydrogen (secondary N) is 2. The molecule has 0 spiro atoms. The summed E-state index contributed by atoms with van der Waals surface area (Å²) in [5.74, 6) is 1.45. The van der Waals surface area contributed by atoms with Crippen LogP contribution in [0.5, 0.6) is 0 Å². The molecule has 1 aromatic rings. The first kappa shape index (κ1) is 23.2. The second-order valence-corrected chi connectivity index (χ2v) is 7.56. The van der Waals surface area contributed by atoms with Crippen molar-refractivity contribution in [3.05, 3.63) is 35.9 Å². The Hall–Kier alpha value is -0.810. The monoisotopic (exact) mass is 401 g/mol. The maximum absolute atomic E-state index is 12.2. The van der Waals surface area contributed by atoms with Crippen LogP contribution in [0.15, 0.2) is 30.3 Å². The molecule has 3 unspecified atom stereocenters. The molecule has 0 radical (unpaired) electrons. The first-order valence-electron chi connectivity index (χ1n) is 9.47. The highest BCUT2D eigenvalue weighted by atomic mass is 35.5. The Kier molecular flexibility index (Phi) is 10.6. The van der Waals surface area contributed by atoms with Gasteiger partial charge in [0.15, 0.2) is 0 Å². The zero-order valence-corrected chi connectivity index (χ0v) is 17.3. The molecule has 2 fully saturated rings. The third kappa shape index (κ3) is 7.07. The van der Waals surface area contributed by atoms with E-state index >= 15 is 0 Å². The number of hydrogen-bond donors (Lipinski definition) is 2. The Morgan fingerprint density at radius 2 is 2.00 bits per heavy atom. The van der Waals surface area contributed by atoms with Crippen LogP contribution in [-0.4, -0.2) is 43.0 Å². The van der Waals surface area contributed by atoms with Gasteiger partial charge >= 0.3 is 0 Å². The highest BCUT2D eigenvalue weighted by Gasteiger charge is 2.27. The molecule has 148 valence electrons. The Morgan fingerprint density at radius 3 is 2.65 bits per heavy atom. The van der Waals surface area contributed by atoms with Crippen LogP contribution in [0.3, 0.4) is 0 Å². The fourth-order valence-corrected chi connectivity index (χ4v) is 4.01. The second kappa shape index (κ2) is 11.8. The standard InChI is InChI=1S/C20H31N3O.2ClH/c1-16-14-23(15-18-5-3-2-4-6-18)12-10-19(16)22-20(24)8-7-17-9-11-21-13-17;;/h2-6,16-17,19,21H,7-15H2,1H3,(H,22,24);2*1H. The van der Waals surface area contributed by atoms with Gasteiger partial charge in [-0.3, -0.25) is 9.69 Å². The van der Waals surface area contributed by atoms with Crippen LogP contribution >= 0.6 is 24.8 Å². The van der Waals surface area contributed by atoms with Crippen molar-refractivity contribution < 1.29 is 4.79 Å². The summed E-state index contributed by atoms with van der Waals surface area (Å²) < 4.78 is 0. The molecular formula is C20H33Cl2N3O. The molecule has 4 nitrogen and oxygen atoms in total. The summed E-state index contributed by atoms with van der Waals surface area (Å²) in [6, 6.07) is 11.0. The first-order valence-corrected chi connectivity index (χ1v) is 9.47. The molecule has 1 amide bonds. The normalized spacial score (nSPS) is 25.8. The maximum Gasteiger partial charge on any atom is 0.220 e. The minimum absolute atomic E-state index is 0. The first-order chi connectivity index (χ1) is 11.7. The predicted octanol–water partition coefficient (Wildman–Crippen LogP) is 3.25. The van der Waals surface area contributed by atoms with Gasteiger partial charge in [-0.25, -0.2) is 0 Å². The average molecular weight is 402 g/mol. The highest BCUT2D eigenvalue weighted by Crippen LogP contribution is 2.20. The van der Waals surface area contributed by atoms with E-state index in [4.69, 9.17) is 0 Å². The number of amides is 1. The largest absolute Gasteiger partial charge is 0.353 e. The second-order valence-electron chi connectivity index (χ2n) is 7.56. The quantitative estimate of drug-likeness (QED) is 0.768. The summed E-state index contributed by atoms with van der Waals surface area (Å²) >= 11 is 0. The molecule has 3 rings (SSSR count). The summed E-state index contributed by atoms with van der Waals surface area (Å²) in [7, 11) is 0. The molecule has 1 aromatic carbocycles. The van der Waals surface area contributed by atoms with Gasteiger partial charge in [0.05, 0.1) is 0 Å². The van der Waals surface area contributed by atoms with Gasteiger partial charge in [0.2, 0.25) is 5.91 Å². The van der Waals surface area contributed by atoms with Crippen LogP contribution in [0.2, 0.25) is 0 Å². The fourth-order valence-electron chi connectivity index (χ4n) is 4.01. The van der Waals surface area contributed by atoms with E-state index in [1.165, 1.54) is 12.0 Å².